The Hall–Kier alpha value is -2.47. The molecule has 0 bridgehead atoms. The second-order valence-corrected chi connectivity index (χ2v) is 7.79. The fourth-order valence-corrected chi connectivity index (χ4v) is 4.77. The van der Waals surface area contributed by atoms with Crippen molar-refractivity contribution in [3.05, 3.63) is 65.6 Å². The normalized spacial score (nSPS) is 25.1. The molecule has 2 aliphatic rings. The maximum atomic E-state index is 5.57. The number of rotatable bonds is 5. The minimum absolute atomic E-state index is 0.363. The number of benzene rings is 1. The van der Waals surface area contributed by atoms with Crippen molar-refractivity contribution in [3.8, 4) is 0 Å². The average molecular weight is 363 g/mol. The summed E-state index contributed by atoms with van der Waals surface area (Å²) in [7, 11) is 0. The summed E-state index contributed by atoms with van der Waals surface area (Å²) in [6, 6.07) is 11.9. The first-order valence-electron chi connectivity index (χ1n) is 9.90. The van der Waals surface area contributed by atoms with Gasteiger partial charge >= 0.3 is 0 Å². The van der Waals surface area contributed by atoms with Crippen LogP contribution in [0.25, 0.3) is 0 Å². The minimum Gasteiger partial charge on any atom is -0.339 e. The molecule has 0 saturated carbocycles. The molecule has 4 heterocycles. The van der Waals surface area contributed by atoms with Crippen LogP contribution in [0, 0.1) is 6.92 Å². The zero-order valence-corrected chi connectivity index (χ0v) is 15.7. The SMILES string of the molecule is Cc1cnn(CCc2nc([C@H]3C[C@@H](c4ccccc4)N4CCC[C@H]34)no2)c1. The van der Waals surface area contributed by atoms with Gasteiger partial charge in [-0.05, 0) is 43.9 Å². The molecule has 0 aliphatic carbocycles. The minimum atomic E-state index is 0.363. The summed E-state index contributed by atoms with van der Waals surface area (Å²) in [5.74, 6) is 1.96. The van der Waals surface area contributed by atoms with Gasteiger partial charge in [0.2, 0.25) is 5.89 Å². The van der Waals surface area contributed by atoms with Crippen LogP contribution in [-0.4, -0.2) is 37.4 Å². The van der Waals surface area contributed by atoms with Crippen LogP contribution in [-0.2, 0) is 13.0 Å². The van der Waals surface area contributed by atoms with Crippen molar-refractivity contribution in [2.24, 2.45) is 0 Å². The summed E-state index contributed by atoms with van der Waals surface area (Å²) < 4.78 is 7.50. The van der Waals surface area contributed by atoms with E-state index in [9.17, 15) is 0 Å². The van der Waals surface area contributed by atoms with E-state index in [1.165, 1.54) is 30.5 Å². The molecule has 6 heteroatoms. The first-order chi connectivity index (χ1) is 13.3. The molecule has 3 aromatic rings. The zero-order valence-electron chi connectivity index (χ0n) is 15.7. The highest BCUT2D eigenvalue weighted by atomic mass is 16.5. The Bertz CT molecular complexity index is 902. The lowest BCUT2D eigenvalue weighted by Gasteiger charge is -2.24. The standard InChI is InChI=1S/C21H25N5O/c1-15-13-22-25(14-15)11-9-20-23-21(24-27-20)17-12-19(16-6-3-2-4-7-16)26-10-5-8-18(17)26/h2-4,6-7,13-14,17-19H,5,8-12H2,1H3/t17-,18+,19-/m0/s1. The summed E-state index contributed by atoms with van der Waals surface area (Å²) in [6.45, 7) is 3.98. The largest absolute Gasteiger partial charge is 0.339 e. The van der Waals surface area contributed by atoms with Gasteiger partial charge in [0.25, 0.3) is 0 Å². The third-order valence-electron chi connectivity index (χ3n) is 6.00. The van der Waals surface area contributed by atoms with E-state index in [1.807, 2.05) is 24.0 Å². The molecular formula is C21H25N5O. The van der Waals surface area contributed by atoms with Crippen LogP contribution >= 0.6 is 0 Å². The number of hydrogen-bond acceptors (Lipinski definition) is 5. The van der Waals surface area contributed by atoms with Crippen LogP contribution in [0.5, 0.6) is 0 Å². The molecule has 0 amide bonds. The highest BCUT2D eigenvalue weighted by Crippen LogP contribution is 2.48. The van der Waals surface area contributed by atoms with E-state index in [4.69, 9.17) is 9.51 Å². The maximum absolute atomic E-state index is 5.57. The highest BCUT2D eigenvalue weighted by molar-refractivity contribution is 5.24. The monoisotopic (exact) mass is 363 g/mol. The molecule has 140 valence electrons. The fraction of sp³-hybridized carbons (Fsp3) is 0.476. The maximum Gasteiger partial charge on any atom is 0.228 e. The van der Waals surface area contributed by atoms with E-state index in [-0.39, 0.29) is 0 Å². The third kappa shape index (κ3) is 3.18. The lowest BCUT2D eigenvalue weighted by atomic mass is 9.94. The molecule has 1 aromatic carbocycles. The van der Waals surface area contributed by atoms with E-state index >= 15 is 0 Å². The van der Waals surface area contributed by atoms with Gasteiger partial charge in [-0.3, -0.25) is 9.58 Å². The summed E-state index contributed by atoms with van der Waals surface area (Å²) in [5.41, 5.74) is 2.57. The molecule has 2 fully saturated rings. The fourth-order valence-electron chi connectivity index (χ4n) is 4.77. The van der Waals surface area contributed by atoms with Gasteiger partial charge in [0, 0.05) is 37.2 Å². The Morgan fingerprint density at radius 3 is 2.93 bits per heavy atom. The van der Waals surface area contributed by atoms with Crippen molar-refractivity contribution in [1.29, 1.82) is 0 Å². The van der Waals surface area contributed by atoms with Gasteiger partial charge in [-0.25, -0.2) is 0 Å². The van der Waals surface area contributed by atoms with Gasteiger partial charge < -0.3 is 4.52 Å². The molecule has 2 aliphatic heterocycles. The second kappa shape index (κ2) is 6.93. The van der Waals surface area contributed by atoms with Gasteiger partial charge in [0.05, 0.1) is 6.20 Å². The van der Waals surface area contributed by atoms with Crippen LogP contribution in [0.3, 0.4) is 0 Å². The molecule has 0 unspecified atom stereocenters. The van der Waals surface area contributed by atoms with E-state index < -0.39 is 0 Å². The Labute approximate surface area is 159 Å². The second-order valence-electron chi connectivity index (χ2n) is 7.79. The van der Waals surface area contributed by atoms with Crippen LogP contribution in [0.4, 0.5) is 0 Å². The lowest BCUT2D eigenvalue weighted by molar-refractivity contribution is 0.243. The highest BCUT2D eigenvalue weighted by Gasteiger charge is 2.46. The van der Waals surface area contributed by atoms with Crippen molar-refractivity contribution in [2.75, 3.05) is 6.54 Å². The Morgan fingerprint density at radius 2 is 2.11 bits per heavy atom. The lowest BCUT2D eigenvalue weighted by Crippen LogP contribution is -2.27. The molecular weight excluding hydrogens is 338 g/mol. The van der Waals surface area contributed by atoms with Gasteiger partial charge in [-0.15, -0.1) is 0 Å². The quantitative estimate of drug-likeness (QED) is 0.694. The summed E-state index contributed by atoms with van der Waals surface area (Å²) >= 11 is 0. The third-order valence-corrected chi connectivity index (χ3v) is 6.00. The molecule has 27 heavy (non-hydrogen) atoms. The van der Waals surface area contributed by atoms with Crippen molar-refractivity contribution in [3.63, 3.8) is 0 Å². The average Bonchev–Trinajstić information content (AvgIpc) is 3.45. The molecule has 2 saturated heterocycles. The molecule has 2 aromatic heterocycles. The topological polar surface area (TPSA) is 60.0 Å². The Morgan fingerprint density at radius 1 is 1.22 bits per heavy atom. The van der Waals surface area contributed by atoms with Crippen LogP contribution in [0.1, 0.15) is 54.1 Å². The molecule has 6 nitrogen and oxygen atoms in total. The summed E-state index contributed by atoms with van der Waals surface area (Å²) in [4.78, 5) is 7.41. The van der Waals surface area contributed by atoms with Gasteiger partial charge in [0.1, 0.15) is 0 Å². The predicted octanol–water partition coefficient (Wildman–Crippen LogP) is 3.51. The number of nitrogens with zero attached hydrogens (tertiary/aromatic N) is 5. The van der Waals surface area contributed by atoms with Crippen LogP contribution < -0.4 is 0 Å². The molecule has 0 spiro atoms. The van der Waals surface area contributed by atoms with E-state index in [0.29, 0.717) is 23.9 Å². The molecule has 3 atom stereocenters. The molecule has 0 N–H and O–H groups in total. The van der Waals surface area contributed by atoms with E-state index in [2.05, 4.69) is 45.5 Å². The molecule has 0 radical (unpaired) electrons. The Balaban J connectivity index is 1.32. The van der Waals surface area contributed by atoms with E-state index in [1.54, 1.807) is 0 Å². The smallest absolute Gasteiger partial charge is 0.228 e. The van der Waals surface area contributed by atoms with Crippen LogP contribution in [0.2, 0.25) is 0 Å². The van der Waals surface area contributed by atoms with Crippen LogP contribution in [0.15, 0.2) is 47.2 Å². The van der Waals surface area contributed by atoms with Crippen molar-refractivity contribution in [1.82, 2.24) is 24.8 Å². The van der Waals surface area contributed by atoms with Gasteiger partial charge in [-0.1, -0.05) is 35.5 Å². The first-order valence-corrected chi connectivity index (χ1v) is 9.90. The number of aryl methyl sites for hydroxylation is 3. The van der Waals surface area contributed by atoms with Crippen molar-refractivity contribution >= 4 is 0 Å². The summed E-state index contributed by atoms with van der Waals surface area (Å²) in [6.07, 6.45) is 8.19. The summed E-state index contributed by atoms with van der Waals surface area (Å²) in [5, 5.41) is 8.68. The van der Waals surface area contributed by atoms with Gasteiger partial charge in [0.15, 0.2) is 5.82 Å². The number of fused-ring (bicyclic) bond motifs is 1. The first kappa shape index (κ1) is 16.7. The van der Waals surface area contributed by atoms with Gasteiger partial charge in [-0.2, -0.15) is 10.1 Å². The predicted molar refractivity (Wildman–Crippen MR) is 101 cm³/mol. The molecule has 5 rings (SSSR count). The van der Waals surface area contributed by atoms with Crippen molar-refractivity contribution in [2.45, 2.75) is 57.2 Å². The van der Waals surface area contributed by atoms with E-state index in [0.717, 1.165) is 25.2 Å². The Kier molecular flexibility index (Phi) is 4.28. The van der Waals surface area contributed by atoms with Crippen molar-refractivity contribution < 1.29 is 4.52 Å². The number of hydrogen-bond donors (Lipinski definition) is 0. The zero-order chi connectivity index (χ0) is 18.2. The number of aromatic nitrogens is 4.